The lowest BCUT2D eigenvalue weighted by molar-refractivity contribution is -0.151. The molecule has 0 spiro atoms. The average molecular weight is 365 g/mol. The number of Topliss-reactive ketones (excluding diaryl/α,β-unsaturated/α-hetero) is 1. The molecule has 0 aromatic heterocycles. The molecule has 1 heterocycles. The van der Waals surface area contributed by atoms with E-state index >= 15 is 0 Å². The Kier molecular flexibility index (Phi) is 5.40. The van der Waals surface area contributed by atoms with Crippen molar-refractivity contribution >= 4 is 17.7 Å². The summed E-state index contributed by atoms with van der Waals surface area (Å²) in [6.07, 6.45) is 0.383. The van der Waals surface area contributed by atoms with Gasteiger partial charge >= 0.3 is 5.97 Å². The number of hydrogen-bond acceptors (Lipinski definition) is 3. The van der Waals surface area contributed by atoms with Crippen LogP contribution in [0.15, 0.2) is 42.5 Å². The molecule has 0 bridgehead atoms. The third kappa shape index (κ3) is 4.08. The molecule has 2 aromatic carbocycles. The van der Waals surface area contributed by atoms with Crippen LogP contribution in [0.2, 0.25) is 0 Å². The number of carbonyl (C=O) groups excluding carboxylic acids is 2. The van der Waals surface area contributed by atoms with Gasteiger partial charge in [-0.25, -0.2) is 4.79 Å². The molecule has 1 atom stereocenters. The van der Waals surface area contributed by atoms with Crippen LogP contribution in [0.4, 0.5) is 0 Å². The lowest BCUT2D eigenvalue weighted by atomic mass is 9.93. The minimum Gasteiger partial charge on any atom is -0.480 e. The van der Waals surface area contributed by atoms with Crippen LogP contribution in [0, 0.1) is 13.8 Å². The van der Waals surface area contributed by atoms with Gasteiger partial charge in [-0.3, -0.25) is 9.59 Å². The van der Waals surface area contributed by atoms with Gasteiger partial charge in [0.2, 0.25) is 5.91 Å². The molecule has 0 aliphatic carbocycles. The van der Waals surface area contributed by atoms with Gasteiger partial charge in [0, 0.05) is 31.4 Å². The first-order valence-corrected chi connectivity index (χ1v) is 9.06. The summed E-state index contributed by atoms with van der Waals surface area (Å²) >= 11 is 0. The van der Waals surface area contributed by atoms with Crippen molar-refractivity contribution in [2.45, 2.75) is 45.7 Å². The van der Waals surface area contributed by atoms with E-state index in [0.29, 0.717) is 12.0 Å². The molecule has 140 valence electrons. The lowest BCUT2D eigenvalue weighted by Gasteiger charge is -2.34. The number of fused-ring (bicyclic) bond motifs is 1. The molecule has 0 radical (unpaired) electrons. The normalized spacial score (nSPS) is 15.9. The van der Waals surface area contributed by atoms with E-state index in [9.17, 15) is 19.5 Å². The second kappa shape index (κ2) is 7.74. The van der Waals surface area contributed by atoms with Gasteiger partial charge in [0.1, 0.15) is 6.04 Å². The molecular weight excluding hydrogens is 342 g/mol. The van der Waals surface area contributed by atoms with Crippen molar-refractivity contribution in [2.75, 3.05) is 0 Å². The summed E-state index contributed by atoms with van der Waals surface area (Å²) in [7, 11) is 0. The summed E-state index contributed by atoms with van der Waals surface area (Å²) < 4.78 is 0. The monoisotopic (exact) mass is 365 g/mol. The lowest BCUT2D eigenvalue weighted by Crippen LogP contribution is -2.48. The van der Waals surface area contributed by atoms with Crippen LogP contribution in [0.25, 0.3) is 0 Å². The Morgan fingerprint density at radius 2 is 1.74 bits per heavy atom. The van der Waals surface area contributed by atoms with Crippen molar-refractivity contribution in [2.24, 2.45) is 0 Å². The van der Waals surface area contributed by atoms with Crippen molar-refractivity contribution in [3.63, 3.8) is 0 Å². The van der Waals surface area contributed by atoms with Crippen LogP contribution in [0.3, 0.4) is 0 Å². The Hall–Kier alpha value is -2.95. The summed E-state index contributed by atoms with van der Waals surface area (Å²) in [6.45, 7) is 4.06. The highest BCUT2D eigenvalue weighted by atomic mass is 16.4. The highest BCUT2D eigenvalue weighted by Gasteiger charge is 2.34. The summed E-state index contributed by atoms with van der Waals surface area (Å²) in [5.41, 5.74) is 4.42. The number of aryl methyl sites for hydroxylation is 2. The molecule has 1 N–H and O–H groups in total. The number of carboxylic acid groups (broad SMARTS) is 1. The highest BCUT2D eigenvalue weighted by Crippen LogP contribution is 2.25. The molecule has 1 amide bonds. The number of ketones is 1. The van der Waals surface area contributed by atoms with E-state index in [4.69, 9.17) is 0 Å². The number of aliphatic carboxylic acids is 1. The van der Waals surface area contributed by atoms with E-state index in [2.05, 4.69) is 0 Å². The maximum absolute atomic E-state index is 12.7. The van der Waals surface area contributed by atoms with Gasteiger partial charge < -0.3 is 10.0 Å². The van der Waals surface area contributed by atoms with Crippen LogP contribution in [0.5, 0.6) is 0 Å². The molecule has 1 unspecified atom stereocenters. The van der Waals surface area contributed by atoms with Crippen LogP contribution in [0.1, 0.15) is 45.5 Å². The summed E-state index contributed by atoms with van der Waals surface area (Å²) in [5, 5.41) is 9.54. The first-order chi connectivity index (χ1) is 12.9. The zero-order chi connectivity index (χ0) is 19.6. The van der Waals surface area contributed by atoms with E-state index in [1.165, 1.54) is 4.90 Å². The third-order valence-corrected chi connectivity index (χ3v) is 5.11. The Bertz CT molecular complexity index is 903. The molecule has 5 nitrogen and oxygen atoms in total. The fourth-order valence-corrected chi connectivity index (χ4v) is 3.54. The van der Waals surface area contributed by atoms with Crippen molar-refractivity contribution in [1.29, 1.82) is 0 Å². The fraction of sp³-hybridized carbons (Fsp3) is 0.318. The average Bonchev–Trinajstić information content (AvgIpc) is 2.66. The van der Waals surface area contributed by atoms with E-state index in [1.54, 1.807) is 0 Å². The predicted molar refractivity (Wildman–Crippen MR) is 102 cm³/mol. The highest BCUT2D eigenvalue weighted by molar-refractivity contribution is 5.99. The molecular formula is C22H23NO4. The first-order valence-electron chi connectivity index (χ1n) is 9.06. The van der Waals surface area contributed by atoms with E-state index in [-0.39, 0.29) is 31.1 Å². The summed E-state index contributed by atoms with van der Waals surface area (Å²) in [4.78, 5) is 38.3. The van der Waals surface area contributed by atoms with Crippen molar-refractivity contribution < 1.29 is 19.5 Å². The standard InChI is InChI=1S/C22H23NO4/c1-14-7-8-15(2)18(11-14)20(24)9-10-21(25)23-13-17-6-4-3-5-16(17)12-19(23)22(26)27/h3-8,11,19H,9-10,12-13H2,1-2H3,(H,26,27). The maximum Gasteiger partial charge on any atom is 0.326 e. The van der Waals surface area contributed by atoms with E-state index in [1.807, 2.05) is 56.3 Å². The van der Waals surface area contributed by atoms with Gasteiger partial charge in [0.25, 0.3) is 0 Å². The predicted octanol–water partition coefficient (Wildman–Crippen LogP) is 3.30. The summed E-state index contributed by atoms with van der Waals surface area (Å²) in [5.74, 6) is -1.40. The molecule has 0 fully saturated rings. The minimum absolute atomic E-state index is 0.0121. The molecule has 1 aliphatic rings. The minimum atomic E-state index is -1.02. The number of benzene rings is 2. The Balaban J connectivity index is 1.72. The first kappa shape index (κ1) is 18.8. The number of amides is 1. The van der Waals surface area contributed by atoms with Crippen LogP contribution in [-0.2, 0) is 22.6 Å². The van der Waals surface area contributed by atoms with Gasteiger partial charge in [0.05, 0.1) is 0 Å². The zero-order valence-corrected chi connectivity index (χ0v) is 15.6. The quantitative estimate of drug-likeness (QED) is 0.825. The topological polar surface area (TPSA) is 74.7 Å². The largest absolute Gasteiger partial charge is 0.480 e. The summed E-state index contributed by atoms with van der Waals surface area (Å²) in [6, 6.07) is 12.4. The van der Waals surface area contributed by atoms with Gasteiger partial charge in [-0.2, -0.15) is 0 Å². The molecule has 0 saturated carbocycles. The van der Waals surface area contributed by atoms with E-state index in [0.717, 1.165) is 22.3 Å². The van der Waals surface area contributed by atoms with Crippen LogP contribution >= 0.6 is 0 Å². The van der Waals surface area contributed by atoms with Gasteiger partial charge in [-0.05, 0) is 36.6 Å². The number of nitrogens with zero attached hydrogens (tertiary/aromatic N) is 1. The molecule has 27 heavy (non-hydrogen) atoms. The Labute approximate surface area is 158 Å². The van der Waals surface area contributed by atoms with E-state index < -0.39 is 12.0 Å². The smallest absolute Gasteiger partial charge is 0.326 e. The Morgan fingerprint density at radius 1 is 1.04 bits per heavy atom. The number of hydrogen-bond donors (Lipinski definition) is 1. The molecule has 1 aliphatic heterocycles. The van der Waals surface area contributed by atoms with Crippen molar-refractivity contribution in [1.82, 2.24) is 4.90 Å². The SMILES string of the molecule is Cc1ccc(C)c(C(=O)CCC(=O)N2Cc3ccccc3CC2C(=O)O)c1. The van der Waals surface area contributed by atoms with Gasteiger partial charge in [-0.15, -0.1) is 0 Å². The van der Waals surface area contributed by atoms with Crippen molar-refractivity contribution in [3.8, 4) is 0 Å². The second-order valence-corrected chi connectivity index (χ2v) is 7.09. The Morgan fingerprint density at radius 3 is 2.44 bits per heavy atom. The number of carboxylic acids is 1. The fourth-order valence-electron chi connectivity index (χ4n) is 3.54. The maximum atomic E-state index is 12.7. The van der Waals surface area contributed by atoms with Gasteiger partial charge in [0.15, 0.2) is 5.78 Å². The van der Waals surface area contributed by atoms with Crippen LogP contribution in [-0.4, -0.2) is 33.7 Å². The molecule has 2 aromatic rings. The zero-order valence-electron chi connectivity index (χ0n) is 15.6. The number of carbonyl (C=O) groups is 3. The second-order valence-electron chi connectivity index (χ2n) is 7.09. The van der Waals surface area contributed by atoms with Crippen LogP contribution < -0.4 is 0 Å². The van der Waals surface area contributed by atoms with Gasteiger partial charge in [-0.1, -0.05) is 42.0 Å². The molecule has 0 saturated heterocycles. The molecule has 3 rings (SSSR count). The third-order valence-electron chi connectivity index (χ3n) is 5.11. The molecule has 5 heteroatoms. The van der Waals surface area contributed by atoms with Crippen molar-refractivity contribution in [3.05, 3.63) is 70.3 Å². The number of rotatable bonds is 5.